The molecular formula is C13H19FN2. The molecule has 16 heavy (non-hydrogen) atoms. The molecule has 3 heteroatoms. The second-order valence-electron chi connectivity index (χ2n) is 4.77. The summed E-state index contributed by atoms with van der Waals surface area (Å²) in [5.74, 6) is -0.158. The van der Waals surface area contributed by atoms with Crippen LogP contribution in [0.2, 0.25) is 0 Å². The SMILES string of the molecule is CN(Cc1cccc(F)c1)C1CCC(N)C1. The molecule has 1 aliphatic rings. The van der Waals surface area contributed by atoms with Crippen LogP contribution in [0.4, 0.5) is 4.39 Å². The van der Waals surface area contributed by atoms with Gasteiger partial charge in [0.2, 0.25) is 0 Å². The van der Waals surface area contributed by atoms with Crippen molar-refractivity contribution in [2.45, 2.75) is 37.9 Å². The molecule has 1 fully saturated rings. The van der Waals surface area contributed by atoms with E-state index in [9.17, 15) is 4.39 Å². The number of nitrogens with two attached hydrogens (primary N) is 1. The van der Waals surface area contributed by atoms with E-state index in [1.807, 2.05) is 6.07 Å². The van der Waals surface area contributed by atoms with Crippen LogP contribution in [0.3, 0.4) is 0 Å². The molecule has 2 unspecified atom stereocenters. The molecule has 2 rings (SSSR count). The predicted octanol–water partition coefficient (Wildman–Crippen LogP) is 2.14. The van der Waals surface area contributed by atoms with E-state index in [0.29, 0.717) is 12.1 Å². The number of halogens is 1. The Balaban J connectivity index is 1.94. The van der Waals surface area contributed by atoms with Crippen LogP contribution in [0, 0.1) is 5.82 Å². The Morgan fingerprint density at radius 1 is 1.44 bits per heavy atom. The van der Waals surface area contributed by atoms with E-state index in [2.05, 4.69) is 11.9 Å². The summed E-state index contributed by atoms with van der Waals surface area (Å²) in [5.41, 5.74) is 6.92. The summed E-state index contributed by atoms with van der Waals surface area (Å²) in [6.07, 6.45) is 3.33. The lowest BCUT2D eigenvalue weighted by molar-refractivity contribution is 0.235. The van der Waals surface area contributed by atoms with Crippen molar-refractivity contribution in [1.82, 2.24) is 4.90 Å². The van der Waals surface area contributed by atoms with Gasteiger partial charge in [-0.3, -0.25) is 4.90 Å². The zero-order chi connectivity index (χ0) is 11.5. The molecule has 2 atom stereocenters. The van der Waals surface area contributed by atoms with Crippen LogP contribution >= 0.6 is 0 Å². The topological polar surface area (TPSA) is 29.3 Å². The van der Waals surface area contributed by atoms with Crippen LogP contribution < -0.4 is 5.73 Å². The first kappa shape index (κ1) is 11.6. The summed E-state index contributed by atoms with van der Waals surface area (Å²) < 4.78 is 13.0. The number of benzene rings is 1. The van der Waals surface area contributed by atoms with Crippen molar-refractivity contribution < 1.29 is 4.39 Å². The fourth-order valence-electron chi connectivity index (χ4n) is 2.44. The summed E-state index contributed by atoms with van der Waals surface area (Å²) in [5, 5.41) is 0. The number of rotatable bonds is 3. The Kier molecular flexibility index (Phi) is 3.56. The highest BCUT2D eigenvalue weighted by molar-refractivity contribution is 5.16. The van der Waals surface area contributed by atoms with Crippen molar-refractivity contribution in [3.05, 3.63) is 35.6 Å². The molecule has 0 saturated heterocycles. The van der Waals surface area contributed by atoms with Crippen LogP contribution in [0.15, 0.2) is 24.3 Å². The van der Waals surface area contributed by atoms with Crippen LogP contribution in [0.5, 0.6) is 0 Å². The van der Waals surface area contributed by atoms with Gasteiger partial charge in [-0.1, -0.05) is 12.1 Å². The van der Waals surface area contributed by atoms with Gasteiger partial charge in [0.1, 0.15) is 5.82 Å². The van der Waals surface area contributed by atoms with Gasteiger partial charge in [0.05, 0.1) is 0 Å². The number of hydrogen-bond acceptors (Lipinski definition) is 2. The minimum absolute atomic E-state index is 0.158. The normalized spacial score (nSPS) is 25.2. The largest absolute Gasteiger partial charge is 0.328 e. The van der Waals surface area contributed by atoms with Gasteiger partial charge in [0, 0.05) is 18.6 Å². The second kappa shape index (κ2) is 4.93. The Hall–Kier alpha value is -0.930. The Bertz CT molecular complexity index is 354. The maximum atomic E-state index is 13.0. The van der Waals surface area contributed by atoms with Gasteiger partial charge >= 0.3 is 0 Å². The molecule has 0 radical (unpaired) electrons. The summed E-state index contributed by atoms with van der Waals surface area (Å²) in [6, 6.07) is 7.71. The maximum Gasteiger partial charge on any atom is 0.123 e. The molecule has 2 nitrogen and oxygen atoms in total. The molecule has 0 aromatic heterocycles. The first-order chi connectivity index (χ1) is 7.65. The van der Waals surface area contributed by atoms with Crippen molar-refractivity contribution in [2.24, 2.45) is 5.73 Å². The lowest BCUT2D eigenvalue weighted by Crippen LogP contribution is -2.30. The quantitative estimate of drug-likeness (QED) is 0.849. The summed E-state index contributed by atoms with van der Waals surface area (Å²) in [7, 11) is 2.09. The van der Waals surface area contributed by atoms with E-state index in [4.69, 9.17) is 5.73 Å². The second-order valence-corrected chi connectivity index (χ2v) is 4.77. The van der Waals surface area contributed by atoms with E-state index in [0.717, 1.165) is 31.4 Å². The Morgan fingerprint density at radius 3 is 2.88 bits per heavy atom. The third kappa shape index (κ3) is 2.80. The van der Waals surface area contributed by atoms with Crippen molar-refractivity contribution in [1.29, 1.82) is 0 Å². The van der Waals surface area contributed by atoms with Gasteiger partial charge in [-0.15, -0.1) is 0 Å². The van der Waals surface area contributed by atoms with Crippen LogP contribution in [0.1, 0.15) is 24.8 Å². The molecule has 1 aromatic carbocycles. The highest BCUT2D eigenvalue weighted by Gasteiger charge is 2.24. The fraction of sp³-hybridized carbons (Fsp3) is 0.538. The number of nitrogens with zero attached hydrogens (tertiary/aromatic N) is 1. The Morgan fingerprint density at radius 2 is 2.25 bits per heavy atom. The molecule has 1 aromatic rings. The van der Waals surface area contributed by atoms with E-state index in [1.54, 1.807) is 12.1 Å². The van der Waals surface area contributed by atoms with Gasteiger partial charge in [0.15, 0.2) is 0 Å². The molecule has 0 amide bonds. The zero-order valence-electron chi connectivity index (χ0n) is 9.70. The summed E-state index contributed by atoms with van der Waals surface area (Å²) in [6.45, 7) is 0.801. The monoisotopic (exact) mass is 222 g/mol. The lowest BCUT2D eigenvalue weighted by atomic mass is 10.1. The first-order valence-corrected chi connectivity index (χ1v) is 5.85. The average Bonchev–Trinajstić information content (AvgIpc) is 2.65. The molecular weight excluding hydrogens is 203 g/mol. The Labute approximate surface area is 96.2 Å². The van der Waals surface area contributed by atoms with Gasteiger partial charge < -0.3 is 5.73 Å². The molecule has 88 valence electrons. The predicted molar refractivity (Wildman–Crippen MR) is 63.5 cm³/mol. The first-order valence-electron chi connectivity index (χ1n) is 5.85. The molecule has 0 heterocycles. The van der Waals surface area contributed by atoms with Gasteiger partial charge in [-0.25, -0.2) is 4.39 Å². The van der Waals surface area contributed by atoms with E-state index < -0.39 is 0 Å². The van der Waals surface area contributed by atoms with E-state index in [1.165, 1.54) is 6.07 Å². The van der Waals surface area contributed by atoms with E-state index in [-0.39, 0.29) is 5.82 Å². The van der Waals surface area contributed by atoms with Gasteiger partial charge in [0.25, 0.3) is 0 Å². The minimum atomic E-state index is -0.158. The third-order valence-electron chi connectivity index (χ3n) is 3.39. The van der Waals surface area contributed by atoms with Crippen molar-refractivity contribution in [3.63, 3.8) is 0 Å². The molecule has 2 N–H and O–H groups in total. The molecule has 1 aliphatic carbocycles. The highest BCUT2D eigenvalue weighted by Crippen LogP contribution is 2.23. The highest BCUT2D eigenvalue weighted by atomic mass is 19.1. The maximum absolute atomic E-state index is 13.0. The lowest BCUT2D eigenvalue weighted by Gasteiger charge is -2.24. The van der Waals surface area contributed by atoms with E-state index >= 15 is 0 Å². The smallest absolute Gasteiger partial charge is 0.123 e. The molecule has 0 spiro atoms. The minimum Gasteiger partial charge on any atom is -0.328 e. The van der Waals surface area contributed by atoms with Crippen molar-refractivity contribution in [2.75, 3.05) is 7.05 Å². The third-order valence-corrected chi connectivity index (χ3v) is 3.39. The number of hydrogen-bond donors (Lipinski definition) is 1. The van der Waals surface area contributed by atoms with Crippen molar-refractivity contribution in [3.8, 4) is 0 Å². The van der Waals surface area contributed by atoms with Crippen LogP contribution in [0.25, 0.3) is 0 Å². The molecule has 1 saturated carbocycles. The van der Waals surface area contributed by atoms with Crippen molar-refractivity contribution >= 4 is 0 Å². The molecule has 0 aliphatic heterocycles. The summed E-state index contributed by atoms with van der Waals surface area (Å²) >= 11 is 0. The van der Waals surface area contributed by atoms with Crippen LogP contribution in [-0.2, 0) is 6.54 Å². The molecule has 0 bridgehead atoms. The van der Waals surface area contributed by atoms with Gasteiger partial charge in [-0.05, 0) is 44.0 Å². The summed E-state index contributed by atoms with van der Waals surface area (Å²) in [4.78, 5) is 2.28. The van der Waals surface area contributed by atoms with Gasteiger partial charge in [-0.2, -0.15) is 0 Å². The standard InChI is InChI=1S/C13H19FN2/c1-16(13-6-5-12(15)8-13)9-10-3-2-4-11(14)7-10/h2-4,7,12-13H,5-6,8-9,15H2,1H3. The fourth-order valence-corrected chi connectivity index (χ4v) is 2.44. The van der Waals surface area contributed by atoms with Crippen LogP contribution in [-0.4, -0.2) is 24.0 Å². The zero-order valence-corrected chi connectivity index (χ0v) is 9.70. The average molecular weight is 222 g/mol.